The van der Waals surface area contributed by atoms with Gasteiger partial charge < -0.3 is 107 Å². The summed E-state index contributed by atoms with van der Waals surface area (Å²) in [5.41, 5.74) is 18.8. The van der Waals surface area contributed by atoms with Gasteiger partial charge in [-0.2, -0.15) is 0 Å². The van der Waals surface area contributed by atoms with Crippen molar-refractivity contribution in [3.63, 3.8) is 0 Å². The second kappa shape index (κ2) is 49.1. The summed E-state index contributed by atoms with van der Waals surface area (Å²) in [6.45, 7) is 14.8. The maximum Gasteiger partial charge on any atom is 0.326 e. The fourth-order valence-electron chi connectivity index (χ4n) is 11.8. The van der Waals surface area contributed by atoms with Gasteiger partial charge in [-0.1, -0.05) is 131 Å². The molecule has 0 aliphatic carbocycles. The van der Waals surface area contributed by atoms with Crippen LogP contribution in [-0.4, -0.2) is 215 Å². The number of hydrogen-bond acceptors (Lipinski definition) is 19. The molecule has 13 atom stereocenters. The first-order valence-corrected chi connectivity index (χ1v) is 37.7. The van der Waals surface area contributed by atoms with Crippen molar-refractivity contribution >= 4 is 99.6 Å². The van der Waals surface area contributed by atoms with Crippen LogP contribution < -0.4 is 86.3 Å². The lowest BCUT2D eigenvalue weighted by molar-refractivity contribution is -0.144. The lowest BCUT2D eigenvalue weighted by Gasteiger charge is -2.29. The Labute approximate surface area is 642 Å². The fraction of sp³-hybridized carbons (Fsp3) is 0.613. The Morgan fingerprint density at radius 1 is 0.418 bits per heavy atom. The van der Waals surface area contributed by atoms with Crippen molar-refractivity contribution in [3.8, 4) is 0 Å². The van der Waals surface area contributed by atoms with Crippen LogP contribution in [-0.2, 0) is 84.8 Å². The first kappa shape index (κ1) is 94.1. The van der Waals surface area contributed by atoms with Crippen molar-refractivity contribution in [1.29, 1.82) is 0 Å². The predicted octanol–water partition coefficient (Wildman–Crippen LogP) is -1.48. The van der Waals surface area contributed by atoms with E-state index < -0.39 is 200 Å². The van der Waals surface area contributed by atoms with E-state index in [2.05, 4.69) is 74.1 Å². The number of unbranched alkanes of at least 4 members (excludes halogenated alkanes) is 2. The predicted molar refractivity (Wildman–Crippen MR) is 409 cm³/mol. The highest BCUT2D eigenvalue weighted by Gasteiger charge is 2.38. The van der Waals surface area contributed by atoms with Gasteiger partial charge in [-0.3, -0.25) is 67.1 Å². The number of carbonyl (C=O) groups excluding carboxylic acids is 13. The Balaban J connectivity index is 1.94. The number of aliphatic hydroxyl groups excluding tert-OH is 1. The van der Waals surface area contributed by atoms with Gasteiger partial charge in [-0.05, 0) is 118 Å². The number of carbonyl (C=O) groups is 15. The van der Waals surface area contributed by atoms with Gasteiger partial charge in [0.15, 0.2) is 0 Å². The van der Waals surface area contributed by atoms with E-state index in [0.717, 1.165) is 0 Å². The van der Waals surface area contributed by atoms with E-state index in [4.69, 9.17) is 17.2 Å². The van der Waals surface area contributed by atoms with Gasteiger partial charge >= 0.3 is 11.9 Å². The Bertz CT molecular complexity index is 3540. The zero-order chi connectivity index (χ0) is 82.3. The summed E-state index contributed by atoms with van der Waals surface area (Å²) in [6, 6.07) is 0.0458. The number of amides is 13. The third-order valence-electron chi connectivity index (χ3n) is 18.5. The Morgan fingerprint density at radius 3 is 1.33 bits per heavy atom. The first-order chi connectivity index (χ1) is 52.1. The number of nitrogens with two attached hydrogens (primary N) is 3. The molecule has 3 rings (SSSR count). The average molecular weight is 1550 g/mol. The number of aliphatic hydroxyl groups is 1. The highest BCUT2D eigenvalue weighted by Crippen LogP contribution is 2.21. The number of hydrogen-bond donors (Lipinski definition) is 20. The number of H-pyrrole nitrogens is 1. The number of carboxylic acids is 2. The Morgan fingerprint density at radius 2 is 0.827 bits per heavy atom. The average Bonchev–Trinajstić information content (AvgIpc) is 1.65. The molecule has 0 radical (unpaired) electrons. The minimum atomic E-state index is -1.70. The van der Waals surface area contributed by atoms with Gasteiger partial charge in [0.25, 0.3) is 0 Å². The van der Waals surface area contributed by atoms with Gasteiger partial charge in [0.05, 0.1) is 26.2 Å². The number of para-hydroxylation sites is 1. The molecule has 0 saturated heterocycles. The summed E-state index contributed by atoms with van der Waals surface area (Å²) >= 11 is 0. The Hall–Kier alpha value is -10.1. The third-order valence-corrected chi connectivity index (χ3v) is 18.5. The molecule has 0 aliphatic heterocycles. The minimum Gasteiger partial charge on any atom is -0.481 e. The quantitative estimate of drug-likeness (QED) is 0.0287. The molecule has 13 amide bonds. The monoisotopic (exact) mass is 1550 g/mol. The highest BCUT2D eigenvalue weighted by atomic mass is 16.4. The van der Waals surface area contributed by atoms with Crippen molar-refractivity contribution in [3.05, 3.63) is 71.9 Å². The zero-order valence-electron chi connectivity index (χ0n) is 64.9. The van der Waals surface area contributed by atoms with E-state index in [1.807, 2.05) is 20.8 Å². The summed E-state index contributed by atoms with van der Waals surface area (Å²) in [6.07, 6.45) is 2.24. The van der Waals surface area contributed by atoms with Crippen LogP contribution in [0.2, 0.25) is 0 Å². The number of aliphatic carboxylic acids is 2. The van der Waals surface area contributed by atoms with Gasteiger partial charge in [-0.15, -0.1) is 0 Å². The minimum absolute atomic E-state index is 0.0208. The van der Waals surface area contributed by atoms with Gasteiger partial charge in [0.2, 0.25) is 76.8 Å². The lowest BCUT2D eigenvalue weighted by Crippen LogP contribution is -2.61. The summed E-state index contributed by atoms with van der Waals surface area (Å²) in [4.78, 5) is 209. The van der Waals surface area contributed by atoms with Crippen molar-refractivity contribution in [1.82, 2.24) is 74.1 Å². The number of nitrogens with one attached hydrogen (secondary N) is 14. The van der Waals surface area contributed by atoms with Crippen molar-refractivity contribution in [2.24, 2.45) is 46.8 Å². The molecule has 0 saturated carbocycles. The molecule has 2 aromatic carbocycles. The van der Waals surface area contributed by atoms with E-state index in [0.29, 0.717) is 54.1 Å². The van der Waals surface area contributed by atoms with Crippen molar-refractivity contribution in [2.45, 2.75) is 226 Å². The smallest absolute Gasteiger partial charge is 0.326 e. The van der Waals surface area contributed by atoms with Crippen molar-refractivity contribution in [2.75, 3.05) is 39.3 Å². The van der Waals surface area contributed by atoms with E-state index in [9.17, 15) is 87.2 Å². The molecule has 0 bridgehead atoms. The molecular weight excluding hydrogens is 1430 g/mol. The number of carboxylic acid groups (broad SMARTS) is 2. The number of benzene rings is 2. The van der Waals surface area contributed by atoms with Crippen LogP contribution in [0.4, 0.5) is 0 Å². The number of aromatic amines is 1. The normalized spacial score (nSPS) is 14.8. The standard InChI is InChI=1S/C75H119N17O18/c1-11-44(9)63(90-58(94)36-78)73(107)88-53(32-41(3)4)66(100)81-38-59(95)82-50(26-18-20-30-76)67(101)86-54(33-42(5)6)69(103)87-56(35-47-37-79-49-25-17-16-24-48(47)49)71(105)85-52(28-29-61(97)98)65(99)80-39-60(96)83-55(34-46-22-14-13-15-23-46)70(104)84-51(27-19-21-31-77)68(102)89-57(40-93)72(106)92-64(45(10)12-2)74(108)91-62(43(7)8)75(109)110/h13-17,22-25,37,41-45,50-57,62-64,79,93H,11-12,18-21,26-36,38-40,76-78H2,1-10H3,(H,80,99)(H,81,100)(H,82,95)(H,83,96)(H,84,104)(H,85,105)(H,86,101)(H,87,103)(H,88,107)(H,89,102)(H,90,94)(H,91,108)(H,92,106)(H,97,98)(H,109,110)/t44-,45-,50-,51-,52-,53-,54-,55-,56-,57-,62-,63-,64-/m0/s1. The highest BCUT2D eigenvalue weighted by molar-refractivity contribution is 6.00. The van der Waals surface area contributed by atoms with Gasteiger partial charge in [-0.25, -0.2) is 4.79 Å². The van der Waals surface area contributed by atoms with E-state index in [1.54, 1.807) is 109 Å². The molecule has 612 valence electrons. The van der Waals surface area contributed by atoms with Crippen LogP contribution in [0.1, 0.15) is 157 Å². The molecule has 0 aliphatic rings. The molecule has 3 aromatic rings. The molecule has 1 aromatic heterocycles. The van der Waals surface area contributed by atoms with E-state index >= 15 is 0 Å². The van der Waals surface area contributed by atoms with E-state index in [1.165, 1.54) is 0 Å². The molecule has 1 heterocycles. The van der Waals surface area contributed by atoms with Gasteiger partial charge in [0.1, 0.15) is 66.5 Å². The molecule has 0 fully saturated rings. The van der Waals surface area contributed by atoms with Crippen LogP contribution in [0.15, 0.2) is 60.8 Å². The van der Waals surface area contributed by atoms with E-state index in [-0.39, 0.29) is 82.3 Å². The number of rotatable bonds is 52. The Kier molecular flexibility index (Phi) is 42.0. The molecule has 0 spiro atoms. The molecular formula is C75H119N17O18. The number of fused-ring (bicyclic) bond motifs is 1. The van der Waals surface area contributed by atoms with Crippen LogP contribution in [0.25, 0.3) is 10.9 Å². The SMILES string of the molecule is CC[C@H](C)[C@H](NC(=O)CN)C(=O)N[C@@H](CC(C)C)C(=O)NCC(=O)N[C@@H](CCCCN)C(=O)N[C@@H](CC(C)C)C(=O)N[C@@H](Cc1c[nH]c2ccccc12)C(=O)N[C@@H](CCC(=O)O)C(=O)NCC(=O)N[C@@H](Cc1ccccc1)C(=O)N[C@@H](CCCCN)C(=O)N[C@@H](CO)C(=O)N[C@H](C(=O)N[C@H](C(=O)O)C(C)C)[C@@H](C)CC. The molecule has 0 unspecified atom stereocenters. The maximum absolute atomic E-state index is 14.9. The fourth-order valence-corrected chi connectivity index (χ4v) is 11.8. The molecule has 110 heavy (non-hydrogen) atoms. The van der Waals surface area contributed by atoms with Crippen LogP contribution in [0.5, 0.6) is 0 Å². The molecule has 23 N–H and O–H groups in total. The molecule has 35 nitrogen and oxygen atoms in total. The maximum atomic E-state index is 14.9. The van der Waals surface area contributed by atoms with Crippen molar-refractivity contribution < 1.29 is 87.2 Å². The van der Waals surface area contributed by atoms with Crippen LogP contribution >= 0.6 is 0 Å². The largest absolute Gasteiger partial charge is 0.481 e. The topological polar surface area (TPSA) is 567 Å². The second-order valence-corrected chi connectivity index (χ2v) is 28.8. The summed E-state index contributed by atoms with van der Waals surface area (Å²) < 4.78 is 0. The van der Waals surface area contributed by atoms with Crippen LogP contribution in [0, 0.1) is 29.6 Å². The zero-order valence-corrected chi connectivity index (χ0v) is 64.9. The number of aromatic nitrogens is 1. The van der Waals surface area contributed by atoms with Gasteiger partial charge in [0, 0.05) is 36.4 Å². The third kappa shape index (κ3) is 33.0. The summed E-state index contributed by atoms with van der Waals surface area (Å²) in [5.74, 6) is -15.7. The van der Waals surface area contributed by atoms with Crippen LogP contribution in [0.3, 0.4) is 0 Å². The lowest BCUT2D eigenvalue weighted by atomic mass is 9.96. The first-order valence-electron chi connectivity index (χ1n) is 37.7. The second-order valence-electron chi connectivity index (χ2n) is 28.8. The molecule has 35 heteroatoms. The summed E-state index contributed by atoms with van der Waals surface area (Å²) in [5, 5.41) is 64.1. The summed E-state index contributed by atoms with van der Waals surface area (Å²) in [7, 11) is 0.